The van der Waals surface area contributed by atoms with Gasteiger partial charge < -0.3 is 0 Å². The number of carbonyl (C=O) groups is 1. The molecule has 6 nitrogen and oxygen atoms in total. The van der Waals surface area contributed by atoms with E-state index >= 15 is 0 Å². The van der Waals surface area contributed by atoms with Crippen molar-refractivity contribution in [2.45, 2.75) is 46.0 Å². The van der Waals surface area contributed by atoms with Gasteiger partial charge >= 0.3 is 137 Å². The van der Waals surface area contributed by atoms with Crippen LogP contribution in [-0.4, -0.2) is 20.3 Å². The van der Waals surface area contributed by atoms with E-state index in [9.17, 15) is 4.79 Å². The van der Waals surface area contributed by atoms with Crippen molar-refractivity contribution in [2.75, 3.05) is 0 Å². The molecule has 0 amide bonds. The van der Waals surface area contributed by atoms with Gasteiger partial charge in [0.1, 0.15) is 0 Å². The molecule has 3 rings (SSSR count). The number of benzene rings is 1. The zero-order valence-corrected chi connectivity index (χ0v) is 16.1. The maximum absolute atomic E-state index is 12.4. The van der Waals surface area contributed by atoms with Crippen molar-refractivity contribution in [2.24, 2.45) is 5.92 Å². The molecule has 1 fully saturated rings. The normalized spacial score (nSPS) is 26.1. The van der Waals surface area contributed by atoms with Crippen LogP contribution in [0.4, 0.5) is 0 Å². The first-order valence-corrected chi connectivity index (χ1v) is 13.2. The molecule has 2 aliphatic rings. The maximum atomic E-state index is 12.4. The minimum absolute atomic E-state index is 0.329. The molecule has 0 bridgehead atoms. The molecule has 0 aromatic heterocycles. The third-order valence-electron chi connectivity index (χ3n) is 3.40. The number of carbonyl (C=O) groups excluding carboxylic acids is 1. The monoisotopic (exact) mass is 357 g/mol. The summed E-state index contributed by atoms with van der Waals surface area (Å²) >= 11 is 0. The van der Waals surface area contributed by atoms with Gasteiger partial charge in [0, 0.05) is 0 Å². The number of fused-ring (bicyclic) bond motifs is 1. The van der Waals surface area contributed by atoms with Crippen LogP contribution in [0, 0.1) is 5.92 Å². The predicted octanol–water partition coefficient (Wildman–Crippen LogP) is 4.00. The van der Waals surface area contributed by atoms with Gasteiger partial charge in [-0.3, -0.25) is 0 Å². The van der Waals surface area contributed by atoms with E-state index in [2.05, 4.69) is 18.9 Å². The molecule has 2 heterocycles. The van der Waals surface area contributed by atoms with Crippen LogP contribution in [0.5, 0.6) is 11.5 Å². The van der Waals surface area contributed by atoms with Gasteiger partial charge in [-0.2, -0.15) is 0 Å². The van der Waals surface area contributed by atoms with Gasteiger partial charge in [0.25, 0.3) is 0 Å². The van der Waals surface area contributed by atoms with Gasteiger partial charge in [-0.25, -0.2) is 0 Å². The van der Waals surface area contributed by atoms with E-state index in [1.807, 2.05) is 31.8 Å². The Balaban J connectivity index is 2.00. The molecule has 1 aromatic rings. The second kappa shape index (κ2) is 5.18. The second-order valence-corrected chi connectivity index (χ2v) is 14.8. The van der Waals surface area contributed by atoms with Gasteiger partial charge in [0.05, 0.1) is 0 Å². The first-order valence-electron chi connectivity index (χ1n) is 7.85. The Morgan fingerprint density at radius 1 is 1.17 bits per heavy atom. The summed E-state index contributed by atoms with van der Waals surface area (Å²) in [7, 11) is -6.32. The molecule has 1 saturated heterocycles. The van der Waals surface area contributed by atoms with Crippen molar-refractivity contribution < 1.29 is 22.6 Å². The Kier molecular flexibility index (Phi) is 3.76. The summed E-state index contributed by atoms with van der Waals surface area (Å²) in [5.74, 6) is 1.03. The Hall–Kier alpha value is -1.14. The van der Waals surface area contributed by atoms with Crippen LogP contribution in [-0.2, 0) is 13.5 Å². The van der Waals surface area contributed by atoms with E-state index in [-0.39, 0.29) is 5.97 Å². The molecule has 1 aromatic carbocycles. The summed E-state index contributed by atoms with van der Waals surface area (Å²) in [5, 5.41) is 3.19. The van der Waals surface area contributed by atoms with Gasteiger partial charge in [0.2, 0.25) is 0 Å². The number of rotatable bonds is 4. The fraction of sp³-hybridized carbons (Fsp3) is 0.533. The predicted molar refractivity (Wildman–Crippen MR) is 91.5 cm³/mol. The number of nitrogens with one attached hydrogen (secondary N) is 1. The summed E-state index contributed by atoms with van der Waals surface area (Å²) in [6.07, 6.45) is 0.634. The molecule has 0 aliphatic carbocycles. The Labute approximate surface area is 137 Å². The molecule has 8 heteroatoms. The van der Waals surface area contributed by atoms with Crippen LogP contribution in [0.1, 0.15) is 20.3 Å². The van der Waals surface area contributed by atoms with Crippen molar-refractivity contribution in [3.63, 3.8) is 0 Å². The molecule has 1 spiro atoms. The number of para-hydroxylation sites is 2. The summed E-state index contributed by atoms with van der Waals surface area (Å²) in [5.41, 5.74) is 0. The Bertz CT molecular complexity index is 620. The SMILES string of the molecule is CC(C)C[C@@H]1NP2(O[Si](C)(C)C)(OC1=O)Oc1ccccc1O2. The summed E-state index contributed by atoms with van der Waals surface area (Å²) in [6.45, 7) is 10.1. The molecule has 128 valence electrons. The Morgan fingerprint density at radius 2 is 1.74 bits per heavy atom. The molecule has 0 saturated carbocycles. The van der Waals surface area contributed by atoms with Crippen molar-refractivity contribution >= 4 is 21.9 Å². The van der Waals surface area contributed by atoms with Crippen LogP contribution < -0.4 is 14.1 Å². The molecule has 0 unspecified atom stereocenters. The zero-order chi connectivity index (χ0) is 16.9. The van der Waals surface area contributed by atoms with E-state index in [0.29, 0.717) is 23.8 Å². The molecule has 23 heavy (non-hydrogen) atoms. The molecule has 2 aliphatic heterocycles. The minimum atomic E-state index is -4.18. The van der Waals surface area contributed by atoms with Crippen LogP contribution in [0.2, 0.25) is 19.6 Å². The van der Waals surface area contributed by atoms with E-state index in [0.717, 1.165) is 0 Å². The van der Waals surface area contributed by atoms with Crippen LogP contribution in [0.25, 0.3) is 0 Å². The molecular weight excluding hydrogens is 333 g/mol. The van der Waals surface area contributed by atoms with Crippen molar-refractivity contribution in [1.82, 2.24) is 5.09 Å². The molecule has 1 N–H and O–H groups in total. The molecular formula is C15H24NO5PSi. The third-order valence-corrected chi connectivity index (χ3v) is 9.10. The van der Waals surface area contributed by atoms with Crippen molar-refractivity contribution in [1.29, 1.82) is 0 Å². The first-order chi connectivity index (χ1) is 10.6. The van der Waals surface area contributed by atoms with Crippen LogP contribution in [0.3, 0.4) is 0 Å². The van der Waals surface area contributed by atoms with Gasteiger partial charge in [0.15, 0.2) is 0 Å². The number of hydrogen-bond acceptors (Lipinski definition) is 6. The fourth-order valence-corrected chi connectivity index (χ4v) is 9.62. The van der Waals surface area contributed by atoms with Gasteiger partial charge in [-0.1, -0.05) is 0 Å². The third kappa shape index (κ3) is 3.11. The second-order valence-electron chi connectivity index (χ2n) is 7.37. The van der Waals surface area contributed by atoms with Crippen LogP contribution >= 0.6 is 7.66 Å². The van der Waals surface area contributed by atoms with Crippen LogP contribution in [0.15, 0.2) is 24.3 Å². The average molecular weight is 357 g/mol. The fourth-order valence-electron chi connectivity index (χ4n) is 2.78. The standard InChI is InChI=1S/C15H24NO5PSi/c1-11(2)10-12-15(17)20-22(16-12,21-23(3,4)5)18-13-8-6-7-9-14(13)19-22/h6-9,11-12,16H,10H2,1-5H3/t12-/m0/s1. The van der Waals surface area contributed by atoms with E-state index in [1.54, 1.807) is 12.1 Å². The summed E-state index contributed by atoms with van der Waals surface area (Å²) < 4.78 is 24.1. The summed E-state index contributed by atoms with van der Waals surface area (Å²) in [6, 6.07) is 6.78. The number of hydrogen-bond donors (Lipinski definition) is 1. The zero-order valence-electron chi connectivity index (χ0n) is 14.2. The quantitative estimate of drug-likeness (QED) is 0.649. The average Bonchev–Trinajstić information content (AvgIpc) is 2.81. The van der Waals surface area contributed by atoms with Gasteiger partial charge in [-0.15, -0.1) is 0 Å². The summed E-state index contributed by atoms with van der Waals surface area (Å²) in [4.78, 5) is 12.4. The molecule has 0 radical (unpaired) electrons. The van der Waals surface area contributed by atoms with E-state index in [1.165, 1.54) is 0 Å². The van der Waals surface area contributed by atoms with E-state index in [4.69, 9.17) is 17.8 Å². The molecule has 1 atom stereocenters. The topological polar surface area (TPSA) is 66.0 Å². The van der Waals surface area contributed by atoms with Gasteiger partial charge in [-0.05, 0) is 0 Å². The van der Waals surface area contributed by atoms with Crippen molar-refractivity contribution in [3.8, 4) is 11.5 Å². The Morgan fingerprint density at radius 3 is 2.22 bits per heavy atom. The van der Waals surface area contributed by atoms with Crippen molar-refractivity contribution in [3.05, 3.63) is 24.3 Å². The van der Waals surface area contributed by atoms with E-state index < -0.39 is 22.0 Å². The first kappa shape index (κ1) is 16.7.